The number of hydrogen-bond donors (Lipinski definition) is 4. The molecule has 3 aromatic rings. The van der Waals surface area contributed by atoms with Crippen LogP contribution < -0.4 is 21.3 Å². The number of fused-ring (bicyclic) bond motifs is 1. The highest BCUT2D eigenvalue weighted by Gasteiger charge is 2.20. The molecule has 0 radical (unpaired) electrons. The number of rotatable bonds is 6. The minimum atomic E-state index is -0.419. The van der Waals surface area contributed by atoms with Gasteiger partial charge in [0.25, 0.3) is 5.91 Å². The van der Waals surface area contributed by atoms with Crippen molar-refractivity contribution in [3.8, 4) is 0 Å². The van der Waals surface area contributed by atoms with Crippen molar-refractivity contribution < 1.29 is 9.18 Å². The van der Waals surface area contributed by atoms with E-state index in [-0.39, 0.29) is 28.5 Å². The normalized spacial score (nSPS) is 13.2. The van der Waals surface area contributed by atoms with Crippen LogP contribution in [0.1, 0.15) is 54.9 Å². The van der Waals surface area contributed by atoms with E-state index in [1.807, 2.05) is 33.8 Å². The Bertz CT molecular complexity index is 1210. The molecule has 1 aliphatic heterocycles. The average molecular weight is 464 g/mol. The highest BCUT2D eigenvalue weighted by atomic mass is 19.1. The van der Waals surface area contributed by atoms with Gasteiger partial charge in [0.2, 0.25) is 5.95 Å². The number of carbonyl (C=O) groups excluding carboxylic acids is 1. The van der Waals surface area contributed by atoms with Crippen molar-refractivity contribution >= 4 is 29.2 Å². The average Bonchev–Trinajstić information content (AvgIpc) is 2.78. The molecule has 1 aromatic carbocycles. The predicted molar refractivity (Wildman–Crippen MR) is 131 cm³/mol. The van der Waals surface area contributed by atoms with Gasteiger partial charge in [0, 0.05) is 36.5 Å². The van der Waals surface area contributed by atoms with Gasteiger partial charge in [-0.05, 0) is 49.2 Å². The second-order valence-corrected chi connectivity index (χ2v) is 9.28. The molecule has 34 heavy (non-hydrogen) atoms. The van der Waals surface area contributed by atoms with Crippen LogP contribution >= 0.6 is 0 Å². The van der Waals surface area contributed by atoms with Crippen molar-refractivity contribution in [3.63, 3.8) is 0 Å². The molecule has 4 rings (SSSR count). The maximum atomic E-state index is 14.3. The largest absolute Gasteiger partial charge is 0.352 e. The summed E-state index contributed by atoms with van der Waals surface area (Å²) in [5.41, 5.74) is 3.90. The van der Waals surface area contributed by atoms with Crippen molar-refractivity contribution in [1.29, 1.82) is 0 Å². The molecule has 0 unspecified atom stereocenters. The van der Waals surface area contributed by atoms with Crippen molar-refractivity contribution in [2.24, 2.45) is 0 Å². The zero-order valence-electron chi connectivity index (χ0n) is 19.9. The molecule has 8 nitrogen and oxygen atoms in total. The molecule has 0 saturated carbocycles. The van der Waals surface area contributed by atoms with Gasteiger partial charge in [-0.1, -0.05) is 26.8 Å². The fourth-order valence-corrected chi connectivity index (χ4v) is 3.71. The lowest BCUT2D eigenvalue weighted by molar-refractivity contribution is 0.0956. The Kier molecular flexibility index (Phi) is 6.74. The van der Waals surface area contributed by atoms with E-state index in [1.54, 1.807) is 0 Å². The number of halogens is 1. The van der Waals surface area contributed by atoms with E-state index < -0.39 is 5.82 Å². The molecule has 0 bridgehead atoms. The van der Waals surface area contributed by atoms with Crippen LogP contribution in [0.2, 0.25) is 0 Å². The summed E-state index contributed by atoms with van der Waals surface area (Å²) in [6.07, 6.45) is 2.41. The number of nitrogens with one attached hydrogen (secondary N) is 4. The molecule has 1 amide bonds. The number of amides is 1. The standard InChI is InChI=1S/C25H30FN7O/c1-5-28-23(34)19-14-29-24(30-18-7-6-16-13-27-9-8-15(16)10-18)33-22(19)32-21-12-17(26)11-20(31-21)25(2,3)4/h6-7,10-12,14,27H,5,8-9,13H2,1-4H3,(H,28,34)(H2,29,30,31,32,33). The molecule has 2 aromatic heterocycles. The van der Waals surface area contributed by atoms with Crippen molar-refractivity contribution in [2.45, 2.75) is 46.1 Å². The number of carbonyl (C=O) groups is 1. The summed E-state index contributed by atoms with van der Waals surface area (Å²) in [6.45, 7) is 9.96. The lowest BCUT2D eigenvalue weighted by Crippen LogP contribution is -2.24. The van der Waals surface area contributed by atoms with Crippen LogP contribution in [0.4, 0.5) is 27.7 Å². The summed E-state index contributed by atoms with van der Waals surface area (Å²) in [4.78, 5) is 26.0. The molecular formula is C25H30FN7O. The third-order valence-corrected chi connectivity index (χ3v) is 5.52. The Morgan fingerprint density at radius 2 is 1.94 bits per heavy atom. The van der Waals surface area contributed by atoms with E-state index in [9.17, 15) is 9.18 Å². The first-order valence-corrected chi connectivity index (χ1v) is 11.4. The smallest absolute Gasteiger partial charge is 0.256 e. The van der Waals surface area contributed by atoms with Crippen molar-refractivity contribution in [3.05, 3.63) is 64.7 Å². The molecule has 0 spiro atoms. The van der Waals surface area contributed by atoms with Gasteiger partial charge in [-0.2, -0.15) is 4.98 Å². The number of hydrogen-bond acceptors (Lipinski definition) is 7. The molecule has 0 fully saturated rings. The maximum Gasteiger partial charge on any atom is 0.256 e. The SMILES string of the molecule is CCNC(=O)c1cnc(Nc2ccc3c(c2)CCNC3)nc1Nc1cc(F)cc(C(C)(C)C)n1. The molecule has 1 aliphatic rings. The van der Waals surface area contributed by atoms with E-state index in [2.05, 4.69) is 48.4 Å². The number of nitrogens with zero attached hydrogens (tertiary/aromatic N) is 3. The highest BCUT2D eigenvalue weighted by molar-refractivity contribution is 5.99. The quantitative estimate of drug-likeness (QED) is 0.435. The van der Waals surface area contributed by atoms with E-state index in [4.69, 9.17) is 0 Å². The number of benzene rings is 1. The summed E-state index contributed by atoms with van der Waals surface area (Å²) in [5.74, 6) is 0.0741. The Balaban J connectivity index is 1.67. The van der Waals surface area contributed by atoms with E-state index in [0.717, 1.165) is 25.2 Å². The van der Waals surface area contributed by atoms with E-state index >= 15 is 0 Å². The Labute approximate surface area is 198 Å². The molecule has 9 heteroatoms. The lowest BCUT2D eigenvalue weighted by atomic mass is 9.91. The fourth-order valence-electron chi connectivity index (χ4n) is 3.71. The third kappa shape index (κ3) is 5.48. The van der Waals surface area contributed by atoms with Gasteiger partial charge < -0.3 is 21.3 Å². The zero-order chi connectivity index (χ0) is 24.3. The first-order valence-electron chi connectivity index (χ1n) is 11.4. The van der Waals surface area contributed by atoms with Crippen LogP contribution in [-0.2, 0) is 18.4 Å². The van der Waals surface area contributed by atoms with Gasteiger partial charge in [0.1, 0.15) is 23.0 Å². The molecule has 4 N–H and O–H groups in total. The topological polar surface area (TPSA) is 104 Å². The molecule has 0 aliphatic carbocycles. The van der Waals surface area contributed by atoms with E-state index in [0.29, 0.717) is 18.2 Å². The van der Waals surface area contributed by atoms with Gasteiger partial charge in [-0.3, -0.25) is 4.79 Å². The van der Waals surface area contributed by atoms with Crippen LogP contribution in [0.5, 0.6) is 0 Å². The molecule has 0 saturated heterocycles. The summed E-state index contributed by atoms with van der Waals surface area (Å²) in [5, 5.41) is 12.4. The third-order valence-electron chi connectivity index (χ3n) is 5.52. The maximum absolute atomic E-state index is 14.3. The summed E-state index contributed by atoms with van der Waals surface area (Å²) < 4.78 is 14.3. The second kappa shape index (κ2) is 9.72. The minimum absolute atomic E-state index is 0.239. The van der Waals surface area contributed by atoms with Gasteiger partial charge in [0.05, 0.1) is 5.69 Å². The number of anilines is 4. The fraction of sp³-hybridized carbons (Fsp3) is 0.360. The summed E-state index contributed by atoms with van der Waals surface area (Å²) in [7, 11) is 0. The monoisotopic (exact) mass is 463 g/mol. The van der Waals surface area contributed by atoms with Gasteiger partial charge in [0.15, 0.2) is 0 Å². The first-order chi connectivity index (χ1) is 16.2. The van der Waals surface area contributed by atoms with Crippen LogP contribution in [0, 0.1) is 5.82 Å². The van der Waals surface area contributed by atoms with Gasteiger partial charge in [-0.15, -0.1) is 0 Å². The Morgan fingerprint density at radius 3 is 2.71 bits per heavy atom. The highest BCUT2D eigenvalue weighted by Crippen LogP contribution is 2.26. The zero-order valence-corrected chi connectivity index (χ0v) is 19.9. The lowest BCUT2D eigenvalue weighted by Gasteiger charge is -2.19. The minimum Gasteiger partial charge on any atom is -0.352 e. The van der Waals surface area contributed by atoms with Crippen LogP contribution in [0.15, 0.2) is 36.5 Å². The first kappa shape index (κ1) is 23.6. The van der Waals surface area contributed by atoms with Crippen LogP contribution in [-0.4, -0.2) is 33.9 Å². The van der Waals surface area contributed by atoms with Gasteiger partial charge in [-0.25, -0.2) is 14.4 Å². The number of pyridine rings is 1. The van der Waals surface area contributed by atoms with Crippen LogP contribution in [0.3, 0.4) is 0 Å². The number of aromatic nitrogens is 3. The van der Waals surface area contributed by atoms with Crippen molar-refractivity contribution in [2.75, 3.05) is 23.7 Å². The molecule has 0 atom stereocenters. The van der Waals surface area contributed by atoms with Crippen LogP contribution in [0.25, 0.3) is 0 Å². The molecular weight excluding hydrogens is 433 g/mol. The second-order valence-electron chi connectivity index (χ2n) is 9.28. The predicted octanol–water partition coefficient (Wildman–Crippen LogP) is 4.19. The molecule has 178 valence electrons. The van der Waals surface area contributed by atoms with Crippen molar-refractivity contribution in [1.82, 2.24) is 25.6 Å². The molecule has 3 heterocycles. The van der Waals surface area contributed by atoms with E-state index in [1.165, 1.54) is 29.5 Å². The Hall–Kier alpha value is -3.59. The Morgan fingerprint density at radius 1 is 1.12 bits per heavy atom. The van der Waals surface area contributed by atoms with Gasteiger partial charge >= 0.3 is 0 Å². The summed E-state index contributed by atoms with van der Waals surface area (Å²) in [6, 6.07) is 8.84. The summed E-state index contributed by atoms with van der Waals surface area (Å²) >= 11 is 0.